The molecule has 29 heavy (non-hydrogen) atoms. The van der Waals surface area contributed by atoms with Crippen LogP contribution in [0.3, 0.4) is 0 Å². The number of hydrogen-bond donors (Lipinski definition) is 2. The van der Waals surface area contributed by atoms with E-state index in [9.17, 15) is 0 Å². The fourth-order valence-electron chi connectivity index (χ4n) is 3.73. The highest BCUT2D eigenvalue weighted by Gasteiger charge is 2.25. The summed E-state index contributed by atoms with van der Waals surface area (Å²) in [5, 5.41) is 11.1. The zero-order valence-electron chi connectivity index (χ0n) is 16.8. The minimum Gasteiger partial charge on any atom is -0.468 e. The summed E-state index contributed by atoms with van der Waals surface area (Å²) < 4.78 is 7.55. The molecule has 1 fully saturated rings. The Balaban J connectivity index is 1.32. The summed E-state index contributed by atoms with van der Waals surface area (Å²) in [5.41, 5.74) is 2.24. The molecule has 2 aromatic heterocycles. The SMILES string of the molecule is CN=C(NCc1ccc(-n2cccn2)cc1)NCC(c1ccco1)N1CCCC1. The van der Waals surface area contributed by atoms with Gasteiger partial charge in [0.1, 0.15) is 5.76 Å². The van der Waals surface area contributed by atoms with E-state index in [1.54, 1.807) is 19.5 Å². The van der Waals surface area contributed by atoms with Crippen molar-refractivity contribution >= 4 is 5.96 Å². The molecule has 1 aromatic carbocycles. The van der Waals surface area contributed by atoms with Gasteiger partial charge in [0.2, 0.25) is 0 Å². The van der Waals surface area contributed by atoms with E-state index >= 15 is 0 Å². The van der Waals surface area contributed by atoms with Gasteiger partial charge in [0.05, 0.1) is 18.0 Å². The van der Waals surface area contributed by atoms with E-state index in [1.165, 1.54) is 18.4 Å². The molecule has 0 amide bonds. The van der Waals surface area contributed by atoms with Crippen molar-refractivity contribution in [3.63, 3.8) is 0 Å². The molecule has 0 saturated carbocycles. The fourth-order valence-corrected chi connectivity index (χ4v) is 3.73. The van der Waals surface area contributed by atoms with Gasteiger partial charge in [-0.2, -0.15) is 5.10 Å². The van der Waals surface area contributed by atoms with Gasteiger partial charge < -0.3 is 15.1 Å². The van der Waals surface area contributed by atoms with Gasteiger partial charge in [-0.15, -0.1) is 0 Å². The Morgan fingerprint density at radius 2 is 1.97 bits per heavy atom. The zero-order chi connectivity index (χ0) is 19.9. The minimum atomic E-state index is 0.222. The number of guanidine groups is 1. The number of aliphatic imine (C=N–C) groups is 1. The third kappa shape index (κ3) is 4.86. The first-order valence-electron chi connectivity index (χ1n) is 10.1. The second kappa shape index (κ2) is 9.43. The van der Waals surface area contributed by atoms with Crippen LogP contribution in [0.5, 0.6) is 0 Å². The van der Waals surface area contributed by atoms with Crippen molar-refractivity contribution in [3.8, 4) is 5.69 Å². The summed E-state index contributed by atoms with van der Waals surface area (Å²) >= 11 is 0. The number of furan rings is 1. The van der Waals surface area contributed by atoms with Crippen LogP contribution >= 0.6 is 0 Å². The lowest BCUT2D eigenvalue weighted by molar-refractivity contribution is 0.215. The molecule has 4 rings (SSSR count). The molecule has 2 N–H and O–H groups in total. The average Bonchev–Trinajstić information content (AvgIpc) is 3.54. The molecule has 7 heteroatoms. The Hall–Kier alpha value is -3.06. The van der Waals surface area contributed by atoms with Crippen molar-refractivity contribution in [2.75, 3.05) is 26.7 Å². The normalized spacial score (nSPS) is 16.1. The predicted octanol–water partition coefficient (Wildman–Crippen LogP) is 2.97. The number of likely N-dealkylation sites (tertiary alicyclic amines) is 1. The Morgan fingerprint density at radius 1 is 1.14 bits per heavy atom. The minimum absolute atomic E-state index is 0.222. The van der Waals surface area contributed by atoms with Gasteiger partial charge in [0.15, 0.2) is 5.96 Å². The quantitative estimate of drug-likeness (QED) is 0.478. The highest BCUT2D eigenvalue weighted by molar-refractivity contribution is 5.79. The van der Waals surface area contributed by atoms with Crippen LogP contribution in [-0.2, 0) is 6.54 Å². The molecule has 152 valence electrons. The van der Waals surface area contributed by atoms with Gasteiger partial charge in [-0.05, 0) is 61.8 Å². The van der Waals surface area contributed by atoms with Gasteiger partial charge in [-0.3, -0.25) is 9.89 Å². The van der Waals surface area contributed by atoms with Gasteiger partial charge in [0, 0.05) is 32.5 Å². The van der Waals surface area contributed by atoms with Crippen molar-refractivity contribution < 1.29 is 4.42 Å². The van der Waals surface area contributed by atoms with Crippen LogP contribution in [0.2, 0.25) is 0 Å². The number of aromatic nitrogens is 2. The number of nitrogens with zero attached hydrogens (tertiary/aromatic N) is 4. The highest BCUT2D eigenvalue weighted by atomic mass is 16.3. The van der Waals surface area contributed by atoms with Crippen molar-refractivity contribution in [2.45, 2.75) is 25.4 Å². The maximum Gasteiger partial charge on any atom is 0.191 e. The van der Waals surface area contributed by atoms with E-state index in [-0.39, 0.29) is 6.04 Å². The first-order chi connectivity index (χ1) is 14.3. The number of benzene rings is 1. The lowest BCUT2D eigenvalue weighted by Gasteiger charge is -2.26. The first kappa shape index (κ1) is 19.3. The lowest BCUT2D eigenvalue weighted by Crippen LogP contribution is -2.42. The van der Waals surface area contributed by atoms with Crippen LogP contribution in [0.4, 0.5) is 0 Å². The van der Waals surface area contributed by atoms with Crippen molar-refractivity contribution in [1.82, 2.24) is 25.3 Å². The molecule has 3 aromatic rings. The average molecular weight is 393 g/mol. The van der Waals surface area contributed by atoms with Crippen molar-refractivity contribution in [1.29, 1.82) is 0 Å². The first-order valence-corrected chi connectivity index (χ1v) is 10.1. The standard InChI is InChI=1S/C22H28N6O/c1-23-22(24-16-18-7-9-19(10-8-18)28-14-5-11-26-28)25-17-20(21-6-4-15-29-21)27-12-2-3-13-27/h4-11,14-15,20H,2-3,12-13,16-17H2,1H3,(H2,23,24,25). The largest absolute Gasteiger partial charge is 0.468 e. The topological polar surface area (TPSA) is 70.6 Å². The highest BCUT2D eigenvalue weighted by Crippen LogP contribution is 2.24. The zero-order valence-corrected chi connectivity index (χ0v) is 16.8. The van der Waals surface area contributed by atoms with Gasteiger partial charge in [0.25, 0.3) is 0 Å². The van der Waals surface area contributed by atoms with Gasteiger partial charge in [-0.1, -0.05) is 12.1 Å². The van der Waals surface area contributed by atoms with Crippen LogP contribution in [0.25, 0.3) is 5.69 Å². The summed E-state index contributed by atoms with van der Waals surface area (Å²) in [6.45, 7) is 3.68. The summed E-state index contributed by atoms with van der Waals surface area (Å²) in [6, 6.07) is 14.5. The van der Waals surface area contributed by atoms with Crippen LogP contribution in [-0.4, -0.2) is 47.3 Å². The molecule has 1 unspecified atom stereocenters. The molecular weight excluding hydrogens is 364 g/mol. The summed E-state index contributed by atoms with van der Waals surface area (Å²) in [5.74, 6) is 1.79. The molecule has 1 aliphatic heterocycles. The summed E-state index contributed by atoms with van der Waals surface area (Å²) in [6.07, 6.45) is 7.97. The molecule has 0 radical (unpaired) electrons. The lowest BCUT2D eigenvalue weighted by atomic mass is 10.2. The van der Waals surface area contributed by atoms with E-state index in [0.29, 0.717) is 6.54 Å². The smallest absolute Gasteiger partial charge is 0.191 e. The Bertz CT molecular complexity index is 880. The molecule has 7 nitrogen and oxygen atoms in total. The number of rotatable bonds is 7. The number of hydrogen-bond acceptors (Lipinski definition) is 4. The molecule has 1 aliphatic rings. The van der Waals surface area contributed by atoms with Crippen molar-refractivity contribution in [2.24, 2.45) is 4.99 Å². The third-order valence-corrected chi connectivity index (χ3v) is 5.30. The van der Waals surface area contributed by atoms with Gasteiger partial charge in [-0.25, -0.2) is 4.68 Å². The van der Waals surface area contributed by atoms with E-state index in [1.807, 2.05) is 23.0 Å². The maximum absolute atomic E-state index is 5.70. The second-order valence-corrected chi connectivity index (χ2v) is 7.20. The van der Waals surface area contributed by atoms with E-state index in [0.717, 1.165) is 37.0 Å². The predicted molar refractivity (Wildman–Crippen MR) is 114 cm³/mol. The molecule has 0 spiro atoms. The summed E-state index contributed by atoms with van der Waals surface area (Å²) in [4.78, 5) is 6.85. The van der Waals surface area contributed by atoms with Crippen LogP contribution in [0.1, 0.15) is 30.2 Å². The van der Waals surface area contributed by atoms with E-state index < -0.39 is 0 Å². The van der Waals surface area contributed by atoms with E-state index in [4.69, 9.17) is 4.42 Å². The van der Waals surface area contributed by atoms with E-state index in [2.05, 4.69) is 56.0 Å². The molecule has 0 aliphatic carbocycles. The molecule has 1 saturated heterocycles. The molecule has 0 bridgehead atoms. The Morgan fingerprint density at radius 3 is 2.62 bits per heavy atom. The van der Waals surface area contributed by atoms with Crippen LogP contribution < -0.4 is 10.6 Å². The Kier molecular flexibility index (Phi) is 6.26. The third-order valence-electron chi connectivity index (χ3n) is 5.30. The van der Waals surface area contributed by atoms with Crippen molar-refractivity contribution in [3.05, 3.63) is 72.4 Å². The van der Waals surface area contributed by atoms with Crippen LogP contribution in [0.15, 0.2) is 70.5 Å². The summed E-state index contributed by atoms with van der Waals surface area (Å²) in [7, 11) is 1.80. The molecular formula is C22H28N6O. The van der Waals surface area contributed by atoms with Gasteiger partial charge >= 0.3 is 0 Å². The Labute approximate surface area is 171 Å². The number of nitrogens with one attached hydrogen (secondary N) is 2. The maximum atomic E-state index is 5.70. The second-order valence-electron chi connectivity index (χ2n) is 7.20. The fraction of sp³-hybridized carbons (Fsp3) is 0.364. The van der Waals surface area contributed by atoms with Crippen LogP contribution in [0, 0.1) is 0 Å². The monoisotopic (exact) mass is 392 g/mol. The molecule has 3 heterocycles. The molecule has 1 atom stereocenters.